The van der Waals surface area contributed by atoms with Gasteiger partial charge in [0, 0.05) is 0 Å². The van der Waals surface area contributed by atoms with E-state index in [9.17, 15) is 0 Å². The number of unbranched alkanes of at least 4 members (excludes halogenated alkanes) is 3. The first kappa shape index (κ1) is 10.1. The molecule has 0 amide bonds. The van der Waals surface area contributed by atoms with Gasteiger partial charge in [0.1, 0.15) is 0 Å². The van der Waals surface area contributed by atoms with Crippen molar-refractivity contribution < 1.29 is 0 Å². The molecule has 0 aliphatic rings. The molecule has 0 atom stereocenters. The zero-order valence-corrected chi connectivity index (χ0v) is 7.62. The second-order valence-corrected chi connectivity index (χ2v) is 3.30. The first-order valence-electron chi connectivity index (χ1n) is 3.85. The zero-order chi connectivity index (χ0) is 7.66. The molecule has 59 valence electrons. The van der Waals surface area contributed by atoms with E-state index < -0.39 is 0 Å². The number of thioether (sulfide) groups is 1. The van der Waals surface area contributed by atoms with E-state index in [1.54, 1.807) is 0 Å². The summed E-state index contributed by atoms with van der Waals surface area (Å²) in [6.45, 7) is 3.63. The monoisotopic (exact) mass is 157 g/mol. The third kappa shape index (κ3) is 8.09. The van der Waals surface area contributed by atoms with Crippen LogP contribution in [0.15, 0.2) is 12.2 Å². The molecule has 0 bridgehead atoms. The maximum Gasteiger partial charge on any atom is -0.00703 e. The molecule has 0 nitrogen and oxygen atoms in total. The van der Waals surface area contributed by atoms with Crippen molar-refractivity contribution in [3.63, 3.8) is 0 Å². The molecule has 0 saturated heterocycles. The fraction of sp³-hybridized carbons (Fsp3) is 0.667. The molecule has 0 aliphatic heterocycles. The molecule has 1 radical (unpaired) electrons. The second-order valence-electron chi connectivity index (χ2n) is 2.31. The number of hydrogen-bond donors (Lipinski definition) is 0. The van der Waals surface area contributed by atoms with Gasteiger partial charge < -0.3 is 0 Å². The minimum atomic E-state index is 1.21. The summed E-state index contributed by atoms with van der Waals surface area (Å²) in [5.41, 5.74) is 0. The van der Waals surface area contributed by atoms with Crippen LogP contribution in [-0.2, 0) is 0 Å². The Bertz CT molecular complexity index is 76.8. The lowest BCUT2D eigenvalue weighted by Crippen LogP contribution is -1.78. The van der Waals surface area contributed by atoms with Gasteiger partial charge in [-0.2, -0.15) is 11.8 Å². The highest BCUT2D eigenvalue weighted by Gasteiger charge is 1.85. The predicted molar refractivity (Wildman–Crippen MR) is 51.3 cm³/mol. The van der Waals surface area contributed by atoms with E-state index in [1.165, 1.54) is 31.4 Å². The van der Waals surface area contributed by atoms with Crippen molar-refractivity contribution in [2.24, 2.45) is 0 Å². The quantitative estimate of drug-likeness (QED) is 0.533. The Balaban J connectivity index is 2.77. The van der Waals surface area contributed by atoms with Crippen LogP contribution in [0.1, 0.15) is 25.7 Å². The average Bonchev–Trinajstić information content (AvgIpc) is 1.97. The van der Waals surface area contributed by atoms with Gasteiger partial charge >= 0.3 is 0 Å². The number of rotatable bonds is 6. The lowest BCUT2D eigenvalue weighted by molar-refractivity contribution is 0.735. The minimum absolute atomic E-state index is 1.21. The second kappa shape index (κ2) is 9.09. The lowest BCUT2D eigenvalue weighted by Gasteiger charge is -1.94. The molecule has 0 spiro atoms. The van der Waals surface area contributed by atoms with E-state index in [0.717, 1.165) is 0 Å². The maximum atomic E-state index is 3.63. The van der Waals surface area contributed by atoms with Gasteiger partial charge in [0.25, 0.3) is 0 Å². The van der Waals surface area contributed by atoms with Crippen molar-refractivity contribution in [2.75, 3.05) is 12.0 Å². The minimum Gasteiger partial charge on any atom is -0.165 e. The highest BCUT2D eigenvalue weighted by atomic mass is 32.2. The number of allylic oxidation sites excluding steroid dienone is 2. The summed E-state index contributed by atoms with van der Waals surface area (Å²) < 4.78 is 0. The van der Waals surface area contributed by atoms with Crippen molar-refractivity contribution in [1.82, 2.24) is 0 Å². The van der Waals surface area contributed by atoms with Crippen LogP contribution < -0.4 is 0 Å². The summed E-state index contributed by atoms with van der Waals surface area (Å²) in [5.74, 6) is 1.31. The van der Waals surface area contributed by atoms with Gasteiger partial charge in [-0.05, 0) is 38.2 Å². The van der Waals surface area contributed by atoms with Gasteiger partial charge in [-0.25, -0.2) is 0 Å². The summed E-state index contributed by atoms with van der Waals surface area (Å²) in [5, 5.41) is 0. The normalized spacial score (nSPS) is 11.0. The lowest BCUT2D eigenvalue weighted by atomic mass is 10.2. The Labute approximate surface area is 69.1 Å². The molecule has 0 unspecified atom stereocenters. The van der Waals surface area contributed by atoms with Crippen LogP contribution in [-0.4, -0.2) is 12.0 Å². The highest BCUT2D eigenvalue weighted by molar-refractivity contribution is 7.98. The molecular weight excluding hydrogens is 140 g/mol. The van der Waals surface area contributed by atoms with E-state index in [4.69, 9.17) is 0 Å². The van der Waals surface area contributed by atoms with E-state index in [2.05, 4.69) is 19.3 Å². The zero-order valence-electron chi connectivity index (χ0n) is 6.81. The molecule has 0 fully saturated rings. The van der Waals surface area contributed by atoms with Gasteiger partial charge in [-0.15, -0.1) is 0 Å². The standard InChI is InChI=1S/C9H17S/c1-3-4-5-6-7-8-9-10-2/h3-4H,1,5-9H2,2H3. The molecular formula is C9H17S. The summed E-state index contributed by atoms with van der Waals surface area (Å²) in [6.07, 6.45) is 11.4. The van der Waals surface area contributed by atoms with Crippen molar-refractivity contribution in [2.45, 2.75) is 25.7 Å². The SMILES string of the molecule is [CH2]C=CCCCCCSC. The Kier molecular flexibility index (Phi) is 9.17. The van der Waals surface area contributed by atoms with Crippen LogP contribution in [0.25, 0.3) is 0 Å². The summed E-state index contributed by atoms with van der Waals surface area (Å²) in [7, 11) is 0. The van der Waals surface area contributed by atoms with Gasteiger partial charge in [0.2, 0.25) is 0 Å². The molecule has 0 aliphatic carbocycles. The topological polar surface area (TPSA) is 0 Å². The van der Waals surface area contributed by atoms with Crippen molar-refractivity contribution in [3.05, 3.63) is 19.1 Å². The third-order valence-corrected chi connectivity index (χ3v) is 2.08. The van der Waals surface area contributed by atoms with Crippen molar-refractivity contribution in [1.29, 1.82) is 0 Å². The van der Waals surface area contributed by atoms with Crippen LogP contribution in [0.2, 0.25) is 0 Å². The molecule has 0 aromatic heterocycles. The van der Waals surface area contributed by atoms with Gasteiger partial charge in [-0.1, -0.05) is 18.6 Å². The van der Waals surface area contributed by atoms with Crippen LogP contribution >= 0.6 is 11.8 Å². The van der Waals surface area contributed by atoms with Crippen molar-refractivity contribution >= 4 is 11.8 Å². The van der Waals surface area contributed by atoms with E-state index >= 15 is 0 Å². The Morgan fingerprint density at radius 1 is 1.30 bits per heavy atom. The molecule has 0 aromatic rings. The van der Waals surface area contributed by atoms with Crippen LogP contribution in [0.3, 0.4) is 0 Å². The van der Waals surface area contributed by atoms with Gasteiger partial charge in [-0.3, -0.25) is 0 Å². The average molecular weight is 157 g/mol. The fourth-order valence-corrected chi connectivity index (χ4v) is 1.30. The Morgan fingerprint density at radius 3 is 2.70 bits per heavy atom. The van der Waals surface area contributed by atoms with Gasteiger partial charge in [0.05, 0.1) is 0 Å². The molecule has 0 aromatic carbocycles. The molecule has 0 rings (SSSR count). The molecule has 0 N–H and O–H groups in total. The predicted octanol–water partition coefficient (Wildman–Crippen LogP) is 3.30. The van der Waals surface area contributed by atoms with Gasteiger partial charge in [0.15, 0.2) is 0 Å². The Morgan fingerprint density at radius 2 is 2.10 bits per heavy atom. The fourth-order valence-electron chi connectivity index (χ4n) is 0.803. The van der Waals surface area contributed by atoms with Crippen molar-refractivity contribution in [3.8, 4) is 0 Å². The summed E-state index contributed by atoms with van der Waals surface area (Å²) >= 11 is 1.94. The van der Waals surface area contributed by atoms with E-state index in [1.807, 2.05) is 17.8 Å². The summed E-state index contributed by atoms with van der Waals surface area (Å²) in [4.78, 5) is 0. The van der Waals surface area contributed by atoms with Crippen LogP contribution in [0.5, 0.6) is 0 Å². The molecule has 1 heteroatoms. The van der Waals surface area contributed by atoms with Crippen LogP contribution in [0.4, 0.5) is 0 Å². The maximum absolute atomic E-state index is 3.63. The smallest absolute Gasteiger partial charge is 0.00703 e. The molecule has 10 heavy (non-hydrogen) atoms. The number of hydrogen-bond acceptors (Lipinski definition) is 1. The molecule has 0 heterocycles. The molecule has 0 saturated carbocycles. The van der Waals surface area contributed by atoms with Crippen LogP contribution in [0, 0.1) is 6.92 Å². The van der Waals surface area contributed by atoms with E-state index in [0.29, 0.717) is 0 Å². The Hall–Kier alpha value is 0.0900. The summed E-state index contributed by atoms with van der Waals surface area (Å²) in [6, 6.07) is 0. The van der Waals surface area contributed by atoms with E-state index in [-0.39, 0.29) is 0 Å². The highest BCUT2D eigenvalue weighted by Crippen LogP contribution is 2.04. The first-order valence-corrected chi connectivity index (χ1v) is 5.24. The third-order valence-electron chi connectivity index (χ3n) is 1.39. The first-order chi connectivity index (χ1) is 4.91. The largest absolute Gasteiger partial charge is 0.165 e.